The number of pyridine rings is 1. The van der Waals surface area contributed by atoms with Crippen LogP contribution in [0.5, 0.6) is 0 Å². The molecule has 27 heavy (non-hydrogen) atoms. The SMILES string of the molecule is C=CCNC(=O)[C@H]1CCCN(c2ccc(NC(=O)Cc3cccs3)cn2)C1. The number of carbonyl (C=O) groups is 2. The molecular formula is C20H24N4O2S. The number of hydrogen-bond acceptors (Lipinski definition) is 5. The maximum Gasteiger partial charge on any atom is 0.229 e. The Morgan fingerprint density at radius 1 is 1.37 bits per heavy atom. The van der Waals surface area contributed by atoms with Gasteiger partial charge in [-0.2, -0.15) is 0 Å². The lowest BCUT2D eigenvalue weighted by molar-refractivity contribution is -0.125. The molecule has 0 bridgehead atoms. The highest BCUT2D eigenvalue weighted by Crippen LogP contribution is 2.23. The van der Waals surface area contributed by atoms with Crippen molar-refractivity contribution < 1.29 is 9.59 Å². The van der Waals surface area contributed by atoms with Crippen molar-refractivity contribution >= 4 is 34.7 Å². The lowest BCUT2D eigenvalue weighted by atomic mass is 9.97. The molecule has 1 fully saturated rings. The van der Waals surface area contributed by atoms with E-state index in [9.17, 15) is 9.59 Å². The second kappa shape index (κ2) is 9.32. The number of hydrogen-bond donors (Lipinski definition) is 2. The fourth-order valence-corrected chi connectivity index (χ4v) is 3.84. The lowest BCUT2D eigenvalue weighted by Gasteiger charge is -2.32. The van der Waals surface area contributed by atoms with Gasteiger partial charge < -0.3 is 15.5 Å². The van der Waals surface area contributed by atoms with Crippen LogP contribution in [0.15, 0.2) is 48.5 Å². The molecule has 3 rings (SSSR count). The molecule has 2 N–H and O–H groups in total. The number of carbonyl (C=O) groups excluding carboxylic acids is 2. The normalized spacial score (nSPS) is 16.6. The van der Waals surface area contributed by atoms with Gasteiger partial charge in [0.15, 0.2) is 0 Å². The van der Waals surface area contributed by atoms with E-state index in [1.807, 2.05) is 29.6 Å². The van der Waals surface area contributed by atoms with Crippen molar-refractivity contribution in [2.24, 2.45) is 5.92 Å². The molecule has 142 valence electrons. The predicted octanol–water partition coefficient (Wildman–Crippen LogP) is 2.84. The van der Waals surface area contributed by atoms with E-state index in [1.165, 1.54) is 0 Å². The third-order valence-corrected chi connectivity index (χ3v) is 5.36. The van der Waals surface area contributed by atoms with Crippen LogP contribution in [0.4, 0.5) is 11.5 Å². The largest absolute Gasteiger partial charge is 0.356 e. The first-order valence-electron chi connectivity index (χ1n) is 9.07. The first kappa shape index (κ1) is 19.1. The maximum absolute atomic E-state index is 12.2. The summed E-state index contributed by atoms with van der Waals surface area (Å²) >= 11 is 1.57. The van der Waals surface area contributed by atoms with Gasteiger partial charge in [-0.15, -0.1) is 17.9 Å². The van der Waals surface area contributed by atoms with Crippen LogP contribution in [0.2, 0.25) is 0 Å². The van der Waals surface area contributed by atoms with Crippen LogP contribution in [-0.2, 0) is 16.0 Å². The number of aromatic nitrogens is 1. The molecule has 2 aromatic heterocycles. The zero-order valence-corrected chi connectivity index (χ0v) is 16.0. The average molecular weight is 385 g/mol. The van der Waals surface area contributed by atoms with Gasteiger partial charge in [0, 0.05) is 24.5 Å². The van der Waals surface area contributed by atoms with Crippen molar-refractivity contribution in [1.29, 1.82) is 0 Å². The summed E-state index contributed by atoms with van der Waals surface area (Å²) in [7, 11) is 0. The number of amides is 2. The minimum absolute atomic E-state index is 0.0364. The van der Waals surface area contributed by atoms with Crippen molar-refractivity contribution in [2.75, 3.05) is 29.9 Å². The Balaban J connectivity index is 1.55. The lowest BCUT2D eigenvalue weighted by Crippen LogP contribution is -2.43. The molecular weight excluding hydrogens is 360 g/mol. The zero-order chi connectivity index (χ0) is 19.1. The molecule has 0 saturated carbocycles. The number of nitrogens with zero attached hydrogens (tertiary/aromatic N) is 2. The molecule has 1 aliphatic heterocycles. The molecule has 3 heterocycles. The number of thiophene rings is 1. The fraction of sp³-hybridized carbons (Fsp3) is 0.350. The monoisotopic (exact) mass is 384 g/mol. The van der Waals surface area contributed by atoms with Gasteiger partial charge >= 0.3 is 0 Å². The highest BCUT2D eigenvalue weighted by molar-refractivity contribution is 7.10. The zero-order valence-electron chi connectivity index (χ0n) is 15.2. The second-order valence-corrected chi connectivity index (χ2v) is 7.56. The van der Waals surface area contributed by atoms with Crippen LogP contribution < -0.4 is 15.5 Å². The van der Waals surface area contributed by atoms with Crippen LogP contribution in [0.3, 0.4) is 0 Å². The molecule has 0 spiro atoms. The first-order chi connectivity index (χ1) is 13.2. The van der Waals surface area contributed by atoms with Crippen LogP contribution in [0, 0.1) is 5.92 Å². The van der Waals surface area contributed by atoms with Crippen molar-refractivity contribution in [2.45, 2.75) is 19.3 Å². The summed E-state index contributed by atoms with van der Waals surface area (Å²) in [4.78, 5) is 31.9. The average Bonchev–Trinajstić information content (AvgIpc) is 3.19. The summed E-state index contributed by atoms with van der Waals surface area (Å²) in [5.74, 6) is 0.805. The Bertz CT molecular complexity index is 774. The van der Waals surface area contributed by atoms with E-state index in [-0.39, 0.29) is 17.7 Å². The summed E-state index contributed by atoms with van der Waals surface area (Å²) in [6.45, 7) is 5.65. The number of anilines is 2. The number of rotatable bonds is 7. The second-order valence-electron chi connectivity index (χ2n) is 6.53. The Morgan fingerprint density at radius 2 is 2.26 bits per heavy atom. The fourth-order valence-electron chi connectivity index (χ4n) is 3.14. The molecule has 1 saturated heterocycles. The third-order valence-electron chi connectivity index (χ3n) is 4.48. The highest BCUT2D eigenvalue weighted by Gasteiger charge is 2.26. The highest BCUT2D eigenvalue weighted by atomic mass is 32.1. The summed E-state index contributed by atoms with van der Waals surface area (Å²) in [6.07, 6.45) is 5.56. The predicted molar refractivity (Wildman–Crippen MR) is 109 cm³/mol. The Labute approximate surface area is 163 Å². The van der Waals surface area contributed by atoms with Crippen LogP contribution >= 0.6 is 11.3 Å². The van der Waals surface area contributed by atoms with Crippen LogP contribution in [-0.4, -0.2) is 36.4 Å². The maximum atomic E-state index is 12.2. The van der Waals surface area contributed by atoms with Gasteiger partial charge in [-0.25, -0.2) is 4.98 Å². The van der Waals surface area contributed by atoms with E-state index >= 15 is 0 Å². The van der Waals surface area contributed by atoms with E-state index in [4.69, 9.17) is 0 Å². The van der Waals surface area contributed by atoms with E-state index < -0.39 is 0 Å². The molecule has 2 aromatic rings. The van der Waals surface area contributed by atoms with Gasteiger partial charge in [-0.05, 0) is 36.4 Å². The smallest absolute Gasteiger partial charge is 0.229 e. The standard InChI is InChI=1S/C20H24N4O2S/c1-2-9-21-20(26)15-5-3-10-24(14-15)18-8-7-16(13-22-18)23-19(25)12-17-6-4-11-27-17/h2,4,6-8,11,13,15H,1,3,5,9-10,12,14H2,(H,21,26)(H,23,25)/t15-/m0/s1. The number of nitrogens with one attached hydrogen (secondary N) is 2. The van der Waals surface area contributed by atoms with Crippen molar-refractivity contribution in [3.05, 3.63) is 53.4 Å². The summed E-state index contributed by atoms with van der Waals surface area (Å²) in [6, 6.07) is 7.64. The number of piperidine rings is 1. The molecule has 7 heteroatoms. The Kier molecular flexibility index (Phi) is 6.59. The first-order valence-corrected chi connectivity index (χ1v) is 9.95. The molecule has 1 aliphatic rings. The van der Waals surface area contributed by atoms with Gasteiger partial charge in [0.1, 0.15) is 5.82 Å². The minimum Gasteiger partial charge on any atom is -0.356 e. The van der Waals surface area contributed by atoms with E-state index in [0.717, 1.165) is 30.1 Å². The molecule has 0 unspecified atom stereocenters. The van der Waals surface area contributed by atoms with Crippen molar-refractivity contribution in [3.8, 4) is 0 Å². The Morgan fingerprint density at radius 3 is 2.96 bits per heavy atom. The van der Waals surface area contributed by atoms with Crippen molar-refractivity contribution in [1.82, 2.24) is 10.3 Å². The van der Waals surface area contributed by atoms with E-state index in [1.54, 1.807) is 23.6 Å². The van der Waals surface area contributed by atoms with Crippen molar-refractivity contribution in [3.63, 3.8) is 0 Å². The van der Waals surface area contributed by atoms with Gasteiger partial charge in [-0.3, -0.25) is 9.59 Å². The molecule has 0 aromatic carbocycles. The third kappa shape index (κ3) is 5.40. The van der Waals surface area contributed by atoms with E-state index in [2.05, 4.69) is 27.1 Å². The van der Waals surface area contributed by atoms with Gasteiger partial charge in [-0.1, -0.05) is 12.1 Å². The van der Waals surface area contributed by atoms with Gasteiger partial charge in [0.05, 0.1) is 24.2 Å². The van der Waals surface area contributed by atoms with Gasteiger partial charge in [0.2, 0.25) is 11.8 Å². The molecule has 1 atom stereocenters. The Hall–Kier alpha value is -2.67. The summed E-state index contributed by atoms with van der Waals surface area (Å²) < 4.78 is 0. The topological polar surface area (TPSA) is 74.3 Å². The molecule has 0 radical (unpaired) electrons. The van der Waals surface area contributed by atoms with Gasteiger partial charge in [0.25, 0.3) is 0 Å². The minimum atomic E-state index is -0.0519. The molecule has 2 amide bonds. The summed E-state index contributed by atoms with van der Waals surface area (Å²) in [5.41, 5.74) is 0.678. The molecule has 6 nitrogen and oxygen atoms in total. The molecule has 0 aliphatic carbocycles. The van der Waals surface area contributed by atoms with E-state index in [0.29, 0.717) is 25.2 Å². The van der Waals surface area contributed by atoms with Crippen LogP contribution in [0.25, 0.3) is 0 Å². The summed E-state index contributed by atoms with van der Waals surface area (Å²) in [5, 5.41) is 7.71. The quantitative estimate of drug-likeness (QED) is 0.720. The van der Waals surface area contributed by atoms with Crippen LogP contribution in [0.1, 0.15) is 17.7 Å².